The summed E-state index contributed by atoms with van der Waals surface area (Å²) in [5, 5.41) is 16.0. The minimum atomic E-state index is 0.103. The number of ether oxygens (including phenoxy) is 1. The number of rotatable bonds is 4. The lowest BCUT2D eigenvalue weighted by Crippen LogP contribution is -2.27. The van der Waals surface area contributed by atoms with Crippen molar-refractivity contribution in [2.45, 2.75) is 38.3 Å². The van der Waals surface area contributed by atoms with Gasteiger partial charge in [-0.1, -0.05) is 6.07 Å². The van der Waals surface area contributed by atoms with Gasteiger partial charge in [0.25, 0.3) is 0 Å². The molecule has 0 radical (unpaired) electrons. The van der Waals surface area contributed by atoms with E-state index in [1.807, 2.05) is 23.5 Å². The van der Waals surface area contributed by atoms with Crippen molar-refractivity contribution < 1.29 is 9.84 Å². The van der Waals surface area contributed by atoms with Gasteiger partial charge in [0.15, 0.2) is 0 Å². The number of benzene rings is 1. The molecule has 21 heavy (non-hydrogen) atoms. The number of phenols is 1. The monoisotopic (exact) mass is 303 g/mol. The van der Waals surface area contributed by atoms with E-state index in [1.165, 1.54) is 23.3 Å². The minimum absolute atomic E-state index is 0.103. The van der Waals surface area contributed by atoms with Gasteiger partial charge in [-0.15, -0.1) is 11.3 Å². The number of aromatic hydroxyl groups is 1. The number of phenolic OH excluding ortho intramolecular Hbond substituents is 1. The second kappa shape index (κ2) is 6.08. The van der Waals surface area contributed by atoms with Crippen LogP contribution in [0.5, 0.6) is 11.5 Å². The average Bonchev–Trinajstić information content (AvgIpc) is 2.96. The van der Waals surface area contributed by atoms with E-state index >= 15 is 0 Å². The van der Waals surface area contributed by atoms with Crippen LogP contribution in [-0.4, -0.2) is 12.2 Å². The zero-order valence-corrected chi connectivity index (χ0v) is 13.2. The zero-order chi connectivity index (χ0) is 14.8. The second-order valence-corrected chi connectivity index (χ2v) is 6.56. The Hall–Kier alpha value is -1.52. The van der Waals surface area contributed by atoms with Crippen molar-refractivity contribution in [2.24, 2.45) is 0 Å². The highest BCUT2D eigenvalue weighted by molar-refractivity contribution is 7.10. The third-order valence-corrected chi connectivity index (χ3v) is 5.20. The van der Waals surface area contributed by atoms with Gasteiger partial charge in [0.1, 0.15) is 11.5 Å². The molecular weight excluding hydrogens is 282 g/mol. The molecular formula is C17H21NO2S. The maximum atomic E-state index is 10.2. The van der Waals surface area contributed by atoms with E-state index in [0.29, 0.717) is 11.8 Å². The maximum absolute atomic E-state index is 10.2. The highest BCUT2D eigenvalue weighted by atomic mass is 32.1. The summed E-state index contributed by atoms with van der Waals surface area (Å²) in [6.07, 6.45) is 3.59. The maximum Gasteiger partial charge on any atom is 0.124 e. The Balaban J connectivity index is 1.77. The van der Waals surface area contributed by atoms with Crippen molar-refractivity contribution in [3.05, 3.63) is 45.6 Å². The molecule has 3 nitrogen and oxygen atoms in total. The second-order valence-electron chi connectivity index (χ2n) is 5.56. The van der Waals surface area contributed by atoms with Crippen molar-refractivity contribution >= 4 is 11.3 Å². The molecule has 4 heteroatoms. The molecule has 0 saturated heterocycles. The number of thiophene rings is 1. The smallest absolute Gasteiger partial charge is 0.124 e. The van der Waals surface area contributed by atoms with Crippen LogP contribution in [0.2, 0.25) is 0 Å². The molecule has 0 amide bonds. The molecule has 1 aliphatic carbocycles. The number of aryl methyl sites for hydroxylation is 1. The van der Waals surface area contributed by atoms with E-state index in [1.54, 1.807) is 13.2 Å². The quantitative estimate of drug-likeness (QED) is 0.890. The highest BCUT2D eigenvalue weighted by Crippen LogP contribution is 2.36. The fourth-order valence-electron chi connectivity index (χ4n) is 3.07. The first-order valence-electron chi connectivity index (χ1n) is 7.38. The van der Waals surface area contributed by atoms with E-state index in [0.717, 1.165) is 12.0 Å². The van der Waals surface area contributed by atoms with Crippen molar-refractivity contribution in [3.8, 4) is 11.5 Å². The Kier molecular flexibility index (Phi) is 4.17. The average molecular weight is 303 g/mol. The first kappa shape index (κ1) is 14.4. The summed E-state index contributed by atoms with van der Waals surface area (Å²) in [5.74, 6) is 0.969. The first-order valence-corrected chi connectivity index (χ1v) is 8.26. The molecule has 2 aromatic rings. The molecule has 2 atom stereocenters. The van der Waals surface area contributed by atoms with Gasteiger partial charge in [0, 0.05) is 28.6 Å². The lowest BCUT2D eigenvalue weighted by Gasteiger charge is -2.27. The number of hydrogen-bond acceptors (Lipinski definition) is 4. The van der Waals surface area contributed by atoms with Gasteiger partial charge in [0.05, 0.1) is 7.11 Å². The van der Waals surface area contributed by atoms with E-state index in [-0.39, 0.29) is 11.8 Å². The predicted octanol–water partition coefficient (Wildman–Crippen LogP) is 4.19. The Labute approximate surface area is 129 Å². The Morgan fingerprint density at radius 1 is 1.38 bits per heavy atom. The minimum Gasteiger partial charge on any atom is -0.507 e. The van der Waals surface area contributed by atoms with Gasteiger partial charge in [-0.25, -0.2) is 0 Å². The normalized spacial score (nSPS) is 19.0. The van der Waals surface area contributed by atoms with Gasteiger partial charge < -0.3 is 15.2 Å². The van der Waals surface area contributed by atoms with Crippen LogP contribution in [-0.2, 0) is 6.42 Å². The van der Waals surface area contributed by atoms with Crippen molar-refractivity contribution in [1.82, 2.24) is 5.32 Å². The molecule has 112 valence electrons. The summed E-state index contributed by atoms with van der Waals surface area (Å²) in [5.41, 5.74) is 2.35. The highest BCUT2D eigenvalue weighted by Gasteiger charge is 2.23. The molecule has 1 aliphatic rings. The van der Waals surface area contributed by atoms with Crippen LogP contribution >= 0.6 is 11.3 Å². The van der Waals surface area contributed by atoms with E-state index in [2.05, 4.69) is 23.7 Å². The number of methoxy groups -OCH3 is 1. The Morgan fingerprint density at radius 2 is 2.24 bits per heavy atom. The fourth-order valence-corrected chi connectivity index (χ4v) is 4.06. The number of hydrogen-bond donors (Lipinski definition) is 2. The third-order valence-electron chi connectivity index (χ3n) is 4.21. The van der Waals surface area contributed by atoms with Crippen molar-refractivity contribution in [2.75, 3.05) is 7.11 Å². The topological polar surface area (TPSA) is 41.5 Å². The molecule has 0 aliphatic heterocycles. The van der Waals surface area contributed by atoms with Gasteiger partial charge in [0.2, 0.25) is 0 Å². The van der Waals surface area contributed by atoms with Crippen molar-refractivity contribution in [1.29, 1.82) is 0 Å². The van der Waals surface area contributed by atoms with E-state index < -0.39 is 0 Å². The van der Waals surface area contributed by atoms with Gasteiger partial charge in [-0.05, 0) is 49.3 Å². The van der Waals surface area contributed by atoms with Crippen LogP contribution in [0.15, 0.2) is 29.6 Å². The van der Waals surface area contributed by atoms with Crippen LogP contribution in [0.1, 0.15) is 47.9 Å². The molecule has 1 heterocycles. The third kappa shape index (κ3) is 2.92. The summed E-state index contributed by atoms with van der Waals surface area (Å²) >= 11 is 1.85. The van der Waals surface area contributed by atoms with Crippen molar-refractivity contribution in [3.63, 3.8) is 0 Å². The predicted molar refractivity (Wildman–Crippen MR) is 86.2 cm³/mol. The number of nitrogens with one attached hydrogen (secondary N) is 1. The van der Waals surface area contributed by atoms with Gasteiger partial charge >= 0.3 is 0 Å². The molecule has 3 rings (SSSR count). The molecule has 2 N–H and O–H groups in total. The van der Waals surface area contributed by atoms with Gasteiger partial charge in [-0.3, -0.25) is 0 Å². The molecule has 1 aromatic carbocycles. The molecule has 0 saturated carbocycles. The van der Waals surface area contributed by atoms with Crippen LogP contribution < -0.4 is 10.1 Å². The van der Waals surface area contributed by atoms with E-state index in [9.17, 15) is 5.11 Å². The van der Waals surface area contributed by atoms with Crippen LogP contribution in [0.3, 0.4) is 0 Å². The summed E-state index contributed by atoms with van der Waals surface area (Å²) in [7, 11) is 1.61. The fraction of sp³-hybridized carbons (Fsp3) is 0.412. The first-order chi connectivity index (χ1) is 10.2. The number of fused-ring (bicyclic) bond motifs is 1. The summed E-state index contributed by atoms with van der Waals surface area (Å²) < 4.78 is 5.14. The molecule has 0 bridgehead atoms. The summed E-state index contributed by atoms with van der Waals surface area (Å²) in [4.78, 5) is 1.50. The standard InChI is InChI=1S/C17H21NO2S/c1-11(13-7-6-12(20-2)10-16(13)19)18-15-4-3-5-17-14(15)8-9-21-17/h6-11,15,18-19H,3-5H2,1-2H3. The van der Waals surface area contributed by atoms with Crippen LogP contribution in [0.4, 0.5) is 0 Å². The largest absolute Gasteiger partial charge is 0.507 e. The molecule has 1 aromatic heterocycles. The molecule has 0 spiro atoms. The lowest BCUT2D eigenvalue weighted by molar-refractivity contribution is 0.391. The Bertz CT molecular complexity index is 623. The summed E-state index contributed by atoms with van der Waals surface area (Å²) in [6, 6.07) is 8.22. The van der Waals surface area contributed by atoms with Crippen LogP contribution in [0.25, 0.3) is 0 Å². The molecule has 0 fully saturated rings. The lowest BCUT2D eigenvalue weighted by atomic mass is 9.92. The Morgan fingerprint density at radius 3 is 3.00 bits per heavy atom. The van der Waals surface area contributed by atoms with Crippen LogP contribution in [0, 0.1) is 0 Å². The summed E-state index contributed by atoms with van der Waals surface area (Å²) in [6.45, 7) is 2.10. The SMILES string of the molecule is COc1ccc(C(C)NC2CCCc3sccc32)c(O)c1. The molecule has 2 unspecified atom stereocenters. The zero-order valence-electron chi connectivity index (χ0n) is 12.4. The van der Waals surface area contributed by atoms with E-state index in [4.69, 9.17) is 4.74 Å². The van der Waals surface area contributed by atoms with Gasteiger partial charge in [-0.2, -0.15) is 0 Å².